The molecule has 1 aromatic rings. The topological polar surface area (TPSA) is 71.4 Å². The Labute approximate surface area is 133 Å². The number of aromatic carboxylic acids is 1. The van der Waals surface area contributed by atoms with Crippen molar-refractivity contribution in [3.8, 4) is 0 Å². The first-order valence-electron chi connectivity index (χ1n) is 6.98. The molecule has 1 saturated carbocycles. The Morgan fingerprint density at radius 1 is 1.19 bits per heavy atom. The molecule has 1 fully saturated rings. The van der Waals surface area contributed by atoms with Gasteiger partial charge in [-0.3, -0.25) is 0 Å². The highest BCUT2D eigenvalue weighted by molar-refractivity contribution is 9.10. The zero-order chi connectivity index (χ0) is 15.8. The van der Waals surface area contributed by atoms with Crippen LogP contribution in [0.5, 0.6) is 0 Å². The number of hydrogen-bond donors (Lipinski definition) is 1. The molecule has 0 amide bonds. The average Bonchev–Trinajstić information content (AvgIpc) is 2.37. The third kappa shape index (κ3) is 3.48. The molecule has 0 aromatic heterocycles. The van der Waals surface area contributed by atoms with Crippen LogP contribution in [0.15, 0.2) is 27.6 Å². The van der Waals surface area contributed by atoms with Gasteiger partial charge in [0.25, 0.3) is 0 Å². The lowest BCUT2D eigenvalue weighted by Crippen LogP contribution is -2.31. The Morgan fingerprint density at radius 3 is 2.29 bits per heavy atom. The molecule has 1 N–H and O–H groups in total. The molecule has 116 valence electrons. The minimum absolute atomic E-state index is 0.0204. The Balaban J connectivity index is 2.40. The van der Waals surface area contributed by atoms with Gasteiger partial charge in [-0.05, 0) is 65.2 Å². The standard InChI is InChI=1S/C15H19BrO4S/c1-9-5-10(2)7-12(6-9)21(19,20)11-3-4-14(16)13(8-11)15(17)18/h3-4,8-10,12H,5-7H2,1-2H3,(H,17,18). The van der Waals surface area contributed by atoms with Crippen LogP contribution in [0.1, 0.15) is 43.5 Å². The quantitative estimate of drug-likeness (QED) is 0.874. The van der Waals surface area contributed by atoms with Crippen molar-refractivity contribution < 1.29 is 18.3 Å². The number of sulfone groups is 1. The molecule has 1 aliphatic carbocycles. The summed E-state index contributed by atoms with van der Waals surface area (Å²) in [6.07, 6.45) is 2.34. The van der Waals surface area contributed by atoms with E-state index < -0.39 is 21.1 Å². The number of carbonyl (C=O) groups is 1. The molecule has 6 heteroatoms. The molecule has 4 nitrogen and oxygen atoms in total. The SMILES string of the molecule is CC1CC(C)CC(S(=O)(=O)c2ccc(Br)c(C(=O)O)c2)C1. The highest BCUT2D eigenvalue weighted by Gasteiger charge is 2.34. The van der Waals surface area contributed by atoms with E-state index in [-0.39, 0.29) is 10.5 Å². The summed E-state index contributed by atoms with van der Waals surface area (Å²) in [7, 11) is -3.48. The van der Waals surface area contributed by atoms with E-state index in [9.17, 15) is 13.2 Å². The monoisotopic (exact) mass is 374 g/mol. The predicted molar refractivity (Wildman–Crippen MR) is 84.3 cm³/mol. The Hall–Kier alpha value is -0.880. The van der Waals surface area contributed by atoms with Crippen LogP contribution in [0.3, 0.4) is 0 Å². The molecule has 0 saturated heterocycles. The molecule has 1 aliphatic rings. The van der Waals surface area contributed by atoms with Crippen molar-refractivity contribution in [2.75, 3.05) is 0 Å². The van der Waals surface area contributed by atoms with Crippen molar-refractivity contribution in [2.24, 2.45) is 11.8 Å². The first kappa shape index (κ1) is 16.5. The summed E-state index contributed by atoms with van der Waals surface area (Å²) in [6.45, 7) is 4.14. The number of carboxylic acid groups (broad SMARTS) is 1. The molecule has 0 radical (unpaired) electrons. The van der Waals surface area contributed by atoms with Crippen molar-refractivity contribution in [3.63, 3.8) is 0 Å². The lowest BCUT2D eigenvalue weighted by atomic mass is 9.83. The third-order valence-corrected chi connectivity index (χ3v) is 6.94. The summed E-state index contributed by atoms with van der Waals surface area (Å²) in [5, 5.41) is 8.71. The molecule has 0 heterocycles. The van der Waals surface area contributed by atoms with Gasteiger partial charge in [0.1, 0.15) is 0 Å². The van der Waals surface area contributed by atoms with Crippen LogP contribution in [-0.4, -0.2) is 24.7 Å². The molecule has 2 rings (SSSR count). The number of hydrogen-bond acceptors (Lipinski definition) is 3. The zero-order valence-corrected chi connectivity index (χ0v) is 14.4. The first-order valence-corrected chi connectivity index (χ1v) is 9.32. The molecule has 0 aliphatic heterocycles. The van der Waals surface area contributed by atoms with Crippen LogP contribution in [0, 0.1) is 11.8 Å². The van der Waals surface area contributed by atoms with Crippen molar-refractivity contribution in [1.29, 1.82) is 0 Å². The molecule has 21 heavy (non-hydrogen) atoms. The van der Waals surface area contributed by atoms with Gasteiger partial charge in [0, 0.05) is 4.47 Å². The lowest BCUT2D eigenvalue weighted by Gasteiger charge is -2.31. The van der Waals surface area contributed by atoms with E-state index >= 15 is 0 Å². The molecule has 0 spiro atoms. The minimum atomic E-state index is -3.48. The van der Waals surface area contributed by atoms with Gasteiger partial charge in [0.2, 0.25) is 0 Å². The largest absolute Gasteiger partial charge is 0.478 e. The van der Waals surface area contributed by atoms with E-state index in [4.69, 9.17) is 5.11 Å². The predicted octanol–water partition coefficient (Wildman–Crippen LogP) is 3.75. The number of carboxylic acids is 1. The molecule has 0 bridgehead atoms. The fourth-order valence-electron chi connectivity index (χ4n) is 3.16. The van der Waals surface area contributed by atoms with Gasteiger partial charge in [0.15, 0.2) is 9.84 Å². The van der Waals surface area contributed by atoms with Crippen LogP contribution in [0.25, 0.3) is 0 Å². The summed E-state index contributed by atoms with van der Waals surface area (Å²) < 4.78 is 25.9. The second kappa shape index (κ2) is 6.08. The Bertz CT molecular complexity index is 644. The van der Waals surface area contributed by atoms with E-state index in [1.807, 2.05) is 0 Å². The summed E-state index contributed by atoms with van der Waals surface area (Å²) in [4.78, 5) is 11.3. The summed E-state index contributed by atoms with van der Waals surface area (Å²) in [6, 6.07) is 4.23. The van der Waals surface area contributed by atoms with Gasteiger partial charge in [-0.25, -0.2) is 13.2 Å². The zero-order valence-electron chi connectivity index (χ0n) is 12.0. The molecular formula is C15H19BrO4S. The maximum absolute atomic E-state index is 12.8. The highest BCUT2D eigenvalue weighted by atomic mass is 79.9. The molecular weight excluding hydrogens is 356 g/mol. The van der Waals surface area contributed by atoms with E-state index in [1.165, 1.54) is 18.2 Å². The average molecular weight is 375 g/mol. The van der Waals surface area contributed by atoms with Crippen molar-refractivity contribution in [1.82, 2.24) is 0 Å². The fraction of sp³-hybridized carbons (Fsp3) is 0.533. The summed E-state index contributed by atoms with van der Waals surface area (Å²) >= 11 is 3.14. The summed E-state index contributed by atoms with van der Waals surface area (Å²) in [5.41, 5.74) is -0.0204. The van der Waals surface area contributed by atoms with Crippen LogP contribution >= 0.6 is 15.9 Å². The highest BCUT2D eigenvalue weighted by Crippen LogP contribution is 2.35. The van der Waals surface area contributed by atoms with Crippen LogP contribution in [-0.2, 0) is 9.84 Å². The van der Waals surface area contributed by atoms with Gasteiger partial charge in [-0.15, -0.1) is 0 Å². The van der Waals surface area contributed by atoms with Crippen molar-refractivity contribution in [3.05, 3.63) is 28.2 Å². The molecule has 2 unspecified atom stereocenters. The van der Waals surface area contributed by atoms with Crippen LogP contribution in [0.4, 0.5) is 0 Å². The van der Waals surface area contributed by atoms with E-state index in [2.05, 4.69) is 29.8 Å². The van der Waals surface area contributed by atoms with Gasteiger partial charge < -0.3 is 5.11 Å². The summed E-state index contributed by atoms with van der Waals surface area (Å²) in [5.74, 6) is -0.379. The number of halogens is 1. The minimum Gasteiger partial charge on any atom is -0.478 e. The Morgan fingerprint density at radius 2 is 1.76 bits per heavy atom. The van der Waals surface area contributed by atoms with E-state index in [0.717, 1.165) is 6.42 Å². The third-order valence-electron chi connectivity index (χ3n) is 4.07. The molecule has 1 aromatic carbocycles. The van der Waals surface area contributed by atoms with Gasteiger partial charge >= 0.3 is 5.97 Å². The molecule has 2 atom stereocenters. The smallest absolute Gasteiger partial charge is 0.336 e. The maximum Gasteiger partial charge on any atom is 0.336 e. The first-order chi connectivity index (χ1) is 9.71. The van der Waals surface area contributed by atoms with Crippen LogP contribution < -0.4 is 0 Å². The van der Waals surface area contributed by atoms with Gasteiger partial charge in [-0.1, -0.05) is 13.8 Å². The van der Waals surface area contributed by atoms with Gasteiger partial charge in [-0.2, -0.15) is 0 Å². The second-order valence-corrected chi connectivity index (χ2v) is 9.11. The number of rotatable bonds is 3. The maximum atomic E-state index is 12.8. The normalized spacial score (nSPS) is 26.5. The Kier molecular flexibility index (Phi) is 4.78. The van der Waals surface area contributed by atoms with E-state index in [0.29, 0.717) is 29.2 Å². The van der Waals surface area contributed by atoms with E-state index in [1.54, 1.807) is 0 Å². The number of benzene rings is 1. The van der Waals surface area contributed by atoms with Gasteiger partial charge in [0.05, 0.1) is 15.7 Å². The van der Waals surface area contributed by atoms with Crippen molar-refractivity contribution in [2.45, 2.75) is 43.3 Å². The fourth-order valence-corrected chi connectivity index (χ4v) is 5.67. The second-order valence-electron chi connectivity index (χ2n) is 6.03. The lowest BCUT2D eigenvalue weighted by molar-refractivity contribution is 0.0695. The van der Waals surface area contributed by atoms with Crippen LogP contribution in [0.2, 0.25) is 0 Å². The van der Waals surface area contributed by atoms with Crippen molar-refractivity contribution >= 4 is 31.7 Å².